The van der Waals surface area contributed by atoms with E-state index in [9.17, 15) is 14.4 Å². The highest BCUT2D eigenvalue weighted by molar-refractivity contribution is 5.99. The number of fused-ring (bicyclic) bond motifs is 1. The van der Waals surface area contributed by atoms with Crippen molar-refractivity contribution in [3.05, 3.63) is 54.1 Å². The summed E-state index contributed by atoms with van der Waals surface area (Å²) in [6, 6.07) is 14.9. The lowest BCUT2D eigenvalue weighted by Gasteiger charge is -2.37. The smallest absolute Gasteiger partial charge is 0.265 e. The van der Waals surface area contributed by atoms with Crippen LogP contribution in [0.25, 0.3) is 0 Å². The molecule has 0 bridgehead atoms. The highest BCUT2D eigenvalue weighted by atomic mass is 16.5. The van der Waals surface area contributed by atoms with Crippen LogP contribution in [0.3, 0.4) is 0 Å². The topological polar surface area (TPSA) is 79.4 Å². The molecule has 3 amide bonds. The summed E-state index contributed by atoms with van der Waals surface area (Å²) in [5.41, 5.74) is 2.39. The summed E-state index contributed by atoms with van der Waals surface area (Å²) >= 11 is 0. The molecule has 3 aliphatic rings. The van der Waals surface area contributed by atoms with Crippen molar-refractivity contribution >= 4 is 29.1 Å². The first kappa shape index (κ1) is 21.5. The fourth-order valence-electron chi connectivity index (χ4n) is 4.57. The van der Waals surface area contributed by atoms with E-state index in [-0.39, 0.29) is 30.7 Å². The molecular formula is C25H27N3O5. The third-order valence-corrected chi connectivity index (χ3v) is 6.35. The molecule has 1 unspecified atom stereocenters. The molecular weight excluding hydrogens is 422 g/mol. The van der Waals surface area contributed by atoms with Crippen LogP contribution in [0, 0.1) is 0 Å². The molecule has 33 heavy (non-hydrogen) atoms. The number of nitrogens with zero attached hydrogens (tertiary/aromatic N) is 3. The molecule has 2 fully saturated rings. The monoisotopic (exact) mass is 449 g/mol. The van der Waals surface area contributed by atoms with E-state index in [0.717, 1.165) is 24.2 Å². The summed E-state index contributed by atoms with van der Waals surface area (Å²) in [4.78, 5) is 43.5. The van der Waals surface area contributed by atoms with Gasteiger partial charge in [-0.25, -0.2) is 0 Å². The Hall–Kier alpha value is -3.39. The van der Waals surface area contributed by atoms with Gasteiger partial charge in [0.05, 0.1) is 31.9 Å². The third-order valence-electron chi connectivity index (χ3n) is 6.35. The molecule has 0 radical (unpaired) electrons. The first-order chi connectivity index (χ1) is 16.1. The van der Waals surface area contributed by atoms with E-state index in [0.29, 0.717) is 44.2 Å². The van der Waals surface area contributed by atoms with Crippen molar-refractivity contribution in [2.24, 2.45) is 0 Å². The molecule has 3 heterocycles. The second kappa shape index (κ2) is 9.23. The Kier molecular flexibility index (Phi) is 6.00. The molecule has 0 spiro atoms. The third kappa shape index (κ3) is 4.43. The van der Waals surface area contributed by atoms with Crippen molar-refractivity contribution in [2.75, 3.05) is 49.2 Å². The van der Waals surface area contributed by atoms with E-state index < -0.39 is 6.10 Å². The maximum Gasteiger partial charge on any atom is 0.265 e. The van der Waals surface area contributed by atoms with Crippen LogP contribution in [0.5, 0.6) is 5.75 Å². The maximum absolute atomic E-state index is 13.3. The van der Waals surface area contributed by atoms with Crippen LogP contribution in [0.1, 0.15) is 18.4 Å². The maximum atomic E-state index is 13.3. The number of amides is 3. The van der Waals surface area contributed by atoms with Crippen LogP contribution in [-0.2, 0) is 25.5 Å². The first-order valence-electron chi connectivity index (χ1n) is 11.4. The van der Waals surface area contributed by atoms with Gasteiger partial charge in [-0.05, 0) is 36.2 Å². The highest BCUT2D eigenvalue weighted by Gasteiger charge is 2.36. The van der Waals surface area contributed by atoms with Gasteiger partial charge in [-0.15, -0.1) is 0 Å². The number of ether oxygens (including phenoxy) is 2. The zero-order chi connectivity index (χ0) is 22.8. The zero-order valence-corrected chi connectivity index (χ0v) is 18.4. The molecule has 0 aliphatic carbocycles. The van der Waals surface area contributed by atoms with Crippen molar-refractivity contribution in [1.82, 2.24) is 4.90 Å². The molecule has 172 valence electrons. The predicted molar refractivity (Wildman–Crippen MR) is 122 cm³/mol. The lowest BCUT2D eigenvalue weighted by atomic mass is 10.1. The molecule has 0 N–H and O–H groups in total. The normalized spacial score (nSPS) is 20.4. The van der Waals surface area contributed by atoms with Crippen LogP contribution in [0.2, 0.25) is 0 Å². The molecule has 0 saturated carbocycles. The number of benzene rings is 2. The van der Waals surface area contributed by atoms with Gasteiger partial charge in [0.1, 0.15) is 5.75 Å². The highest BCUT2D eigenvalue weighted by Crippen LogP contribution is 2.34. The summed E-state index contributed by atoms with van der Waals surface area (Å²) in [5.74, 6) is 0.451. The number of carbonyl (C=O) groups excluding carboxylic acids is 3. The molecule has 2 aromatic rings. The zero-order valence-electron chi connectivity index (χ0n) is 18.4. The van der Waals surface area contributed by atoms with Gasteiger partial charge in [0.15, 0.2) is 6.10 Å². The predicted octanol–water partition coefficient (Wildman–Crippen LogP) is 2.01. The van der Waals surface area contributed by atoms with E-state index in [1.807, 2.05) is 42.5 Å². The van der Waals surface area contributed by atoms with E-state index in [4.69, 9.17) is 9.47 Å². The number of rotatable bonds is 4. The van der Waals surface area contributed by atoms with E-state index in [1.165, 1.54) is 0 Å². The SMILES string of the molecule is O=C(C1CN(C(=O)Cc2ccc(N3CCCC3=O)cc2)c2ccccc2O1)N1CCOCC1. The minimum Gasteiger partial charge on any atom is -0.476 e. The minimum absolute atomic E-state index is 0.101. The molecule has 0 aromatic heterocycles. The van der Waals surface area contributed by atoms with Crippen LogP contribution in [-0.4, -0.2) is 68.1 Å². The van der Waals surface area contributed by atoms with Crippen molar-refractivity contribution in [3.8, 4) is 5.75 Å². The number of hydrogen-bond donors (Lipinski definition) is 0. The van der Waals surface area contributed by atoms with Gasteiger partial charge >= 0.3 is 0 Å². The fraction of sp³-hybridized carbons (Fsp3) is 0.400. The van der Waals surface area contributed by atoms with E-state index >= 15 is 0 Å². The Balaban J connectivity index is 1.32. The summed E-state index contributed by atoms with van der Waals surface area (Å²) < 4.78 is 11.3. The van der Waals surface area contributed by atoms with Gasteiger partial charge in [0, 0.05) is 31.7 Å². The Morgan fingerprint density at radius 2 is 1.73 bits per heavy atom. The molecule has 2 aromatic carbocycles. The average molecular weight is 450 g/mol. The number of carbonyl (C=O) groups is 3. The molecule has 3 aliphatic heterocycles. The second-order valence-electron chi connectivity index (χ2n) is 8.51. The molecule has 8 heteroatoms. The standard InChI is InChI=1S/C25H27N3O5/c29-23-6-3-11-27(23)19-9-7-18(8-10-19)16-24(30)28-17-22(25(31)26-12-14-32-15-13-26)33-21-5-2-1-4-20(21)28/h1-2,4-5,7-10,22H,3,6,11-17H2. The summed E-state index contributed by atoms with van der Waals surface area (Å²) in [6.07, 6.45) is 0.910. The van der Waals surface area contributed by atoms with Gasteiger partial charge in [-0.2, -0.15) is 0 Å². The lowest BCUT2D eigenvalue weighted by molar-refractivity contribution is -0.142. The summed E-state index contributed by atoms with van der Waals surface area (Å²) in [7, 11) is 0. The molecule has 1 atom stereocenters. The lowest BCUT2D eigenvalue weighted by Crippen LogP contribution is -2.54. The van der Waals surface area contributed by atoms with Gasteiger partial charge < -0.3 is 24.2 Å². The van der Waals surface area contributed by atoms with Crippen LogP contribution >= 0.6 is 0 Å². The Morgan fingerprint density at radius 3 is 2.45 bits per heavy atom. The number of morpholine rings is 1. The Labute approximate surface area is 192 Å². The fourth-order valence-corrected chi connectivity index (χ4v) is 4.57. The van der Waals surface area contributed by atoms with Crippen molar-refractivity contribution in [2.45, 2.75) is 25.4 Å². The van der Waals surface area contributed by atoms with Gasteiger partial charge in [-0.3, -0.25) is 14.4 Å². The second-order valence-corrected chi connectivity index (χ2v) is 8.51. The van der Waals surface area contributed by atoms with Gasteiger partial charge in [0.2, 0.25) is 11.8 Å². The van der Waals surface area contributed by atoms with Crippen LogP contribution < -0.4 is 14.5 Å². The average Bonchev–Trinajstić information content (AvgIpc) is 3.29. The summed E-state index contributed by atoms with van der Waals surface area (Å²) in [6.45, 7) is 2.99. The molecule has 2 saturated heterocycles. The number of hydrogen-bond acceptors (Lipinski definition) is 5. The Bertz CT molecular complexity index is 1050. The minimum atomic E-state index is -0.745. The number of para-hydroxylation sites is 2. The number of anilines is 2. The molecule has 8 nitrogen and oxygen atoms in total. The van der Waals surface area contributed by atoms with E-state index in [2.05, 4.69) is 0 Å². The first-order valence-corrected chi connectivity index (χ1v) is 11.4. The Morgan fingerprint density at radius 1 is 0.970 bits per heavy atom. The largest absolute Gasteiger partial charge is 0.476 e. The van der Waals surface area contributed by atoms with Crippen molar-refractivity contribution in [3.63, 3.8) is 0 Å². The van der Waals surface area contributed by atoms with Crippen molar-refractivity contribution in [1.29, 1.82) is 0 Å². The van der Waals surface area contributed by atoms with Gasteiger partial charge in [0.25, 0.3) is 5.91 Å². The van der Waals surface area contributed by atoms with Crippen LogP contribution in [0.15, 0.2) is 48.5 Å². The van der Waals surface area contributed by atoms with Crippen molar-refractivity contribution < 1.29 is 23.9 Å². The van der Waals surface area contributed by atoms with Gasteiger partial charge in [-0.1, -0.05) is 24.3 Å². The molecule has 5 rings (SSSR count). The van der Waals surface area contributed by atoms with Crippen LogP contribution in [0.4, 0.5) is 11.4 Å². The van der Waals surface area contributed by atoms with E-state index in [1.54, 1.807) is 20.8 Å². The summed E-state index contributed by atoms with van der Waals surface area (Å²) in [5, 5.41) is 0. The quantitative estimate of drug-likeness (QED) is 0.714.